The molecule has 1 aromatic carbocycles. The summed E-state index contributed by atoms with van der Waals surface area (Å²) in [4.78, 5) is 25.3. The molecule has 3 heterocycles. The molecule has 8 nitrogen and oxygen atoms in total. The van der Waals surface area contributed by atoms with Gasteiger partial charge in [0.05, 0.1) is 18.3 Å². The van der Waals surface area contributed by atoms with Crippen LogP contribution in [0.1, 0.15) is 17.3 Å². The van der Waals surface area contributed by atoms with Crippen molar-refractivity contribution in [1.82, 2.24) is 24.7 Å². The van der Waals surface area contributed by atoms with Gasteiger partial charge in [-0.2, -0.15) is 9.78 Å². The lowest BCUT2D eigenvalue weighted by Crippen LogP contribution is -2.11. The molecule has 27 heavy (non-hydrogen) atoms. The molecule has 0 fully saturated rings. The number of hydrogen-bond acceptors (Lipinski definition) is 7. The number of fused-ring (bicyclic) bond motifs is 1. The molecule has 0 aliphatic heterocycles. The van der Waals surface area contributed by atoms with Gasteiger partial charge < -0.3 is 10.1 Å². The number of ether oxygens (including phenoxy) is 1. The summed E-state index contributed by atoms with van der Waals surface area (Å²) < 4.78 is 6.67. The molecule has 0 saturated carbocycles. The SMILES string of the molecule is CCOC(=O)c1cnn(-c2ccc3ccccc3n2)c1Nc1ncccn1. The zero-order chi connectivity index (χ0) is 18.6. The van der Waals surface area contributed by atoms with Gasteiger partial charge in [0.1, 0.15) is 5.56 Å². The molecule has 0 bridgehead atoms. The van der Waals surface area contributed by atoms with Crippen molar-refractivity contribution in [3.63, 3.8) is 0 Å². The Kier molecular flexibility index (Phi) is 4.44. The lowest BCUT2D eigenvalue weighted by Gasteiger charge is -2.10. The highest BCUT2D eigenvalue weighted by Gasteiger charge is 2.21. The molecule has 0 saturated heterocycles. The largest absolute Gasteiger partial charge is 0.462 e. The van der Waals surface area contributed by atoms with Crippen LogP contribution in [0.4, 0.5) is 11.8 Å². The number of carbonyl (C=O) groups excluding carboxylic acids is 1. The quantitative estimate of drug-likeness (QED) is 0.546. The highest BCUT2D eigenvalue weighted by molar-refractivity contribution is 5.95. The summed E-state index contributed by atoms with van der Waals surface area (Å²) in [6.07, 6.45) is 4.66. The van der Waals surface area contributed by atoms with Gasteiger partial charge in [-0.25, -0.2) is 19.7 Å². The summed E-state index contributed by atoms with van der Waals surface area (Å²) in [5.74, 6) is 0.804. The number of pyridine rings is 1. The maximum Gasteiger partial charge on any atom is 0.343 e. The predicted molar refractivity (Wildman–Crippen MR) is 100 cm³/mol. The van der Waals surface area contributed by atoms with E-state index in [0.717, 1.165) is 10.9 Å². The highest BCUT2D eigenvalue weighted by atomic mass is 16.5. The molecule has 0 aliphatic carbocycles. The average Bonchev–Trinajstić information content (AvgIpc) is 3.12. The Morgan fingerprint density at radius 3 is 2.74 bits per heavy atom. The van der Waals surface area contributed by atoms with E-state index in [4.69, 9.17) is 4.74 Å². The van der Waals surface area contributed by atoms with Gasteiger partial charge in [-0.15, -0.1) is 0 Å². The minimum atomic E-state index is -0.483. The van der Waals surface area contributed by atoms with Crippen molar-refractivity contribution in [1.29, 1.82) is 0 Å². The number of carbonyl (C=O) groups is 1. The fraction of sp³-hybridized carbons (Fsp3) is 0.105. The molecule has 4 aromatic rings. The van der Waals surface area contributed by atoms with Crippen molar-refractivity contribution >= 4 is 28.6 Å². The van der Waals surface area contributed by atoms with Crippen LogP contribution >= 0.6 is 0 Å². The first-order chi connectivity index (χ1) is 13.3. The van der Waals surface area contributed by atoms with E-state index in [1.54, 1.807) is 25.4 Å². The zero-order valence-electron chi connectivity index (χ0n) is 14.5. The van der Waals surface area contributed by atoms with E-state index in [1.807, 2.05) is 36.4 Å². The van der Waals surface area contributed by atoms with Gasteiger partial charge in [0, 0.05) is 17.8 Å². The van der Waals surface area contributed by atoms with Crippen LogP contribution in [0.2, 0.25) is 0 Å². The number of nitrogens with zero attached hydrogens (tertiary/aromatic N) is 5. The van der Waals surface area contributed by atoms with Crippen LogP contribution in [-0.2, 0) is 4.74 Å². The molecule has 0 atom stereocenters. The van der Waals surface area contributed by atoms with Gasteiger partial charge in [0.2, 0.25) is 5.95 Å². The second-order valence-electron chi connectivity index (χ2n) is 5.60. The third kappa shape index (κ3) is 3.32. The molecule has 134 valence electrons. The number of hydrogen-bond donors (Lipinski definition) is 1. The van der Waals surface area contributed by atoms with Crippen LogP contribution in [0.5, 0.6) is 0 Å². The van der Waals surface area contributed by atoms with E-state index in [0.29, 0.717) is 17.6 Å². The molecule has 8 heteroatoms. The fourth-order valence-electron chi connectivity index (χ4n) is 2.64. The first kappa shape index (κ1) is 16.6. The highest BCUT2D eigenvalue weighted by Crippen LogP contribution is 2.24. The van der Waals surface area contributed by atoms with Crippen LogP contribution in [0.15, 0.2) is 61.1 Å². The smallest absolute Gasteiger partial charge is 0.343 e. The molecule has 3 aromatic heterocycles. The van der Waals surface area contributed by atoms with E-state index in [9.17, 15) is 4.79 Å². The van der Waals surface area contributed by atoms with E-state index in [-0.39, 0.29) is 12.2 Å². The van der Waals surface area contributed by atoms with Crippen molar-refractivity contribution in [2.45, 2.75) is 6.92 Å². The Balaban J connectivity index is 1.82. The Labute approximate surface area is 154 Å². The van der Waals surface area contributed by atoms with E-state index in [1.165, 1.54) is 10.9 Å². The minimum absolute atomic E-state index is 0.263. The minimum Gasteiger partial charge on any atom is -0.462 e. The summed E-state index contributed by atoms with van der Waals surface area (Å²) in [5, 5.41) is 8.39. The van der Waals surface area contributed by atoms with E-state index in [2.05, 4.69) is 25.4 Å². The molecule has 0 radical (unpaired) electrons. The van der Waals surface area contributed by atoms with Crippen molar-refractivity contribution in [2.75, 3.05) is 11.9 Å². The summed E-state index contributed by atoms with van der Waals surface area (Å²) in [6, 6.07) is 13.3. The van der Waals surface area contributed by atoms with Crippen molar-refractivity contribution in [3.05, 3.63) is 66.6 Å². The topological polar surface area (TPSA) is 94.8 Å². The van der Waals surface area contributed by atoms with E-state index >= 15 is 0 Å². The summed E-state index contributed by atoms with van der Waals surface area (Å²) in [5.41, 5.74) is 1.10. The number of aromatic nitrogens is 5. The molecule has 0 unspecified atom stereocenters. The Hall–Kier alpha value is -3.81. The first-order valence-corrected chi connectivity index (χ1v) is 8.41. The zero-order valence-corrected chi connectivity index (χ0v) is 14.5. The van der Waals surface area contributed by atoms with Gasteiger partial charge in [0.15, 0.2) is 11.6 Å². The van der Waals surface area contributed by atoms with Gasteiger partial charge in [-0.05, 0) is 31.2 Å². The third-order valence-electron chi connectivity index (χ3n) is 3.86. The summed E-state index contributed by atoms with van der Waals surface area (Å²) >= 11 is 0. The maximum atomic E-state index is 12.3. The predicted octanol–water partition coefficient (Wildman–Crippen LogP) is 3.13. The third-order valence-corrected chi connectivity index (χ3v) is 3.86. The van der Waals surface area contributed by atoms with E-state index < -0.39 is 5.97 Å². The number of esters is 1. The fourth-order valence-corrected chi connectivity index (χ4v) is 2.64. The number of rotatable bonds is 5. The lowest BCUT2D eigenvalue weighted by molar-refractivity contribution is 0.0527. The second kappa shape index (κ2) is 7.20. The van der Waals surface area contributed by atoms with Crippen molar-refractivity contribution in [2.24, 2.45) is 0 Å². The van der Waals surface area contributed by atoms with Gasteiger partial charge >= 0.3 is 5.97 Å². The maximum absolute atomic E-state index is 12.3. The Bertz CT molecular complexity index is 1090. The standard InChI is InChI=1S/C19H16N6O2/c1-2-27-18(26)14-12-22-25(17(14)24-19-20-10-5-11-21-19)16-9-8-13-6-3-4-7-15(13)23-16/h3-12H,2H2,1H3,(H,20,21,24). The molecule has 0 amide bonds. The van der Waals surface area contributed by atoms with Crippen LogP contribution in [0, 0.1) is 0 Å². The number of para-hydroxylation sites is 1. The molecular formula is C19H16N6O2. The molecule has 1 N–H and O–H groups in total. The summed E-state index contributed by atoms with van der Waals surface area (Å²) in [6.45, 7) is 2.01. The first-order valence-electron chi connectivity index (χ1n) is 8.41. The van der Waals surface area contributed by atoms with Gasteiger partial charge in [-0.3, -0.25) is 0 Å². The monoisotopic (exact) mass is 360 g/mol. The number of nitrogens with one attached hydrogen (secondary N) is 1. The molecule has 0 aliphatic rings. The van der Waals surface area contributed by atoms with Crippen LogP contribution in [0.3, 0.4) is 0 Å². The Morgan fingerprint density at radius 1 is 1.11 bits per heavy atom. The van der Waals surface area contributed by atoms with Crippen LogP contribution in [-0.4, -0.2) is 37.3 Å². The van der Waals surface area contributed by atoms with Crippen LogP contribution < -0.4 is 5.32 Å². The number of benzene rings is 1. The lowest BCUT2D eigenvalue weighted by atomic mass is 10.2. The normalized spacial score (nSPS) is 10.7. The molecule has 4 rings (SSSR count). The second-order valence-corrected chi connectivity index (χ2v) is 5.60. The summed E-state index contributed by atoms with van der Waals surface area (Å²) in [7, 11) is 0. The molecular weight excluding hydrogens is 344 g/mol. The van der Waals surface area contributed by atoms with Crippen molar-refractivity contribution in [3.8, 4) is 5.82 Å². The van der Waals surface area contributed by atoms with Crippen LogP contribution in [0.25, 0.3) is 16.7 Å². The molecule has 0 spiro atoms. The van der Waals surface area contributed by atoms with Gasteiger partial charge in [0.25, 0.3) is 0 Å². The van der Waals surface area contributed by atoms with Crippen molar-refractivity contribution < 1.29 is 9.53 Å². The average molecular weight is 360 g/mol. The Morgan fingerprint density at radius 2 is 1.93 bits per heavy atom. The van der Waals surface area contributed by atoms with Gasteiger partial charge in [-0.1, -0.05) is 18.2 Å². The number of anilines is 2.